The molecule has 0 unspecified atom stereocenters. The van der Waals surface area contributed by atoms with Crippen molar-refractivity contribution in [3.8, 4) is 0 Å². The molecule has 0 aliphatic rings. The second kappa shape index (κ2) is 14.2. The van der Waals surface area contributed by atoms with Crippen molar-refractivity contribution < 1.29 is 9.28 Å². The zero-order chi connectivity index (χ0) is 17.4. The number of carbonyl (C=O) groups excluding carboxylic acids is 1. The summed E-state index contributed by atoms with van der Waals surface area (Å²) in [6.07, 6.45) is 8.52. The summed E-state index contributed by atoms with van der Waals surface area (Å²) in [5.41, 5.74) is 1.51. The molecule has 0 saturated carbocycles. The van der Waals surface area contributed by atoms with Gasteiger partial charge in [0, 0.05) is 5.56 Å². The van der Waals surface area contributed by atoms with E-state index >= 15 is 0 Å². The number of hydrogen-bond donors (Lipinski definition) is 0. The Morgan fingerprint density at radius 1 is 0.870 bits per heavy atom. The Labute approximate surface area is 142 Å². The maximum atomic E-state index is 8.24. The van der Waals surface area contributed by atoms with Gasteiger partial charge in [0.15, 0.2) is 0 Å². The van der Waals surface area contributed by atoms with Gasteiger partial charge in [0.25, 0.3) is 0 Å². The van der Waals surface area contributed by atoms with Gasteiger partial charge in [-0.15, -0.1) is 0 Å². The summed E-state index contributed by atoms with van der Waals surface area (Å²) in [5.74, 6) is 0. The fourth-order valence-electron chi connectivity index (χ4n) is 3.02. The predicted molar refractivity (Wildman–Crippen MR) is 98.8 cm³/mol. The van der Waals surface area contributed by atoms with Gasteiger partial charge in [0.2, 0.25) is 0 Å². The van der Waals surface area contributed by atoms with E-state index in [0.717, 1.165) is 0 Å². The van der Waals surface area contributed by atoms with Gasteiger partial charge < -0.3 is 9.89 Å². The molecule has 1 aromatic rings. The monoisotopic (exact) mass is 318 g/mol. The molecule has 0 aliphatic carbocycles. The fraction of sp³-hybridized carbons (Fsp3) is 0.650. The topological polar surface area (TPSA) is 39.4 Å². The van der Waals surface area contributed by atoms with Gasteiger partial charge in [-0.2, -0.15) is 0 Å². The molecular weight excluding hydrogens is 284 g/mol. The molecule has 0 amide bonds. The second-order valence-electron chi connectivity index (χ2n) is 6.31. The summed E-state index contributed by atoms with van der Waals surface area (Å²) in [7, 11) is 0. The Hall–Kier alpha value is -1.44. The van der Waals surface area contributed by atoms with E-state index in [1.165, 1.54) is 74.8 Å². The summed E-state index contributed by atoms with van der Waals surface area (Å²) in [5, 5.41) is 6.76. The molecule has 3 heteroatoms. The van der Waals surface area contributed by atoms with E-state index in [1.807, 2.05) is 0 Å². The molecular formula is C20H34N2O. The Balaban J connectivity index is 0.00000149. The molecule has 0 spiro atoms. The van der Waals surface area contributed by atoms with E-state index in [4.69, 9.17) is 10.2 Å². The smallest absolute Gasteiger partial charge is 0.104 e. The van der Waals surface area contributed by atoms with Crippen molar-refractivity contribution in [3.05, 3.63) is 41.3 Å². The fourth-order valence-corrected chi connectivity index (χ4v) is 3.02. The van der Waals surface area contributed by atoms with Crippen molar-refractivity contribution >= 4 is 6.08 Å². The lowest BCUT2D eigenvalue weighted by Crippen LogP contribution is -2.49. The number of rotatable bonds is 11. The Morgan fingerprint density at radius 3 is 1.61 bits per heavy atom. The molecule has 3 nitrogen and oxygen atoms in total. The molecule has 0 atom stereocenters. The van der Waals surface area contributed by atoms with Crippen LogP contribution in [-0.4, -0.2) is 30.2 Å². The van der Waals surface area contributed by atoms with Crippen LogP contribution < -0.4 is 0 Å². The SMILES string of the molecule is CCCC[N+](CCCC)(CCCC)Cc1ccccc1.[N-]=C=O. The lowest BCUT2D eigenvalue weighted by molar-refractivity contribution is -0.941. The van der Waals surface area contributed by atoms with Gasteiger partial charge in [-0.25, -0.2) is 0 Å². The first-order valence-corrected chi connectivity index (χ1v) is 9.08. The molecule has 1 aromatic carbocycles. The van der Waals surface area contributed by atoms with Crippen LogP contribution in [-0.2, 0) is 11.3 Å². The number of isocyanates is 1. The number of benzene rings is 1. The number of quaternary nitrogens is 1. The van der Waals surface area contributed by atoms with Crippen LogP contribution in [0.1, 0.15) is 64.9 Å². The van der Waals surface area contributed by atoms with Crippen molar-refractivity contribution in [2.75, 3.05) is 19.6 Å². The molecule has 0 fully saturated rings. The van der Waals surface area contributed by atoms with Crippen molar-refractivity contribution in [2.24, 2.45) is 0 Å². The molecule has 0 saturated heterocycles. The van der Waals surface area contributed by atoms with Gasteiger partial charge in [0.05, 0.1) is 19.6 Å². The summed E-state index contributed by atoms with van der Waals surface area (Å²) in [6, 6.07) is 11.1. The molecule has 0 aromatic heterocycles. The van der Waals surface area contributed by atoms with Crippen LogP contribution in [0.3, 0.4) is 0 Å². The molecule has 0 N–H and O–H groups in total. The van der Waals surface area contributed by atoms with Crippen LogP contribution in [0.25, 0.3) is 5.41 Å². The van der Waals surface area contributed by atoms with Gasteiger partial charge in [0.1, 0.15) is 6.54 Å². The van der Waals surface area contributed by atoms with Crippen LogP contribution in [0.4, 0.5) is 0 Å². The Bertz CT molecular complexity index is 389. The van der Waals surface area contributed by atoms with Crippen LogP contribution in [0.2, 0.25) is 0 Å². The van der Waals surface area contributed by atoms with E-state index in [2.05, 4.69) is 51.1 Å². The van der Waals surface area contributed by atoms with Crippen LogP contribution >= 0.6 is 0 Å². The summed E-state index contributed by atoms with van der Waals surface area (Å²) >= 11 is 0. The van der Waals surface area contributed by atoms with E-state index in [9.17, 15) is 0 Å². The zero-order valence-corrected chi connectivity index (χ0v) is 15.3. The standard InChI is InChI=1S/C19H34N.CNO/c1-4-7-15-20(16-8-5-2,17-9-6-3)18-19-13-11-10-12-14-19;2-1-3/h10-14H,4-9,15-18H2,1-3H3;/q+1;-1. The zero-order valence-electron chi connectivity index (χ0n) is 15.3. The van der Waals surface area contributed by atoms with Crippen molar-refractivity contribution in [1.82, 2.24) is 0 Å². The van der Waals surface area contributed by atoms with Crippen LogP contribution in [0, 0.1) is 0 Å². The average molecular weight is 319 g/mol. The molecule has 0 aliphatic heterocycles. The van der Waals surface area contributed by atoms with Gasteiger partial charge >= 0.3 is 0 Å². The van der Waals surface area contributed by atoms with Crippen molar-refractivity contribution in [3.63, 3.8) is 0 Å². The van der Waals surface area contributed by atoms with E-state index in [-0.39, 0.29) is 0 Å². The minimum atomic E-state index is 0.500. The lowest BCUT2D eigenvalue weighted by atomic mass is 10.1. The summed E-state index contributed by atoms with van der Waals surface area (Å²) in [6.45, 7) is 12.2. The van der Waals surface area contributed by atoms with Crippen LogP contribution in [0.15, 0.2) is 30.3 Å². The van der Waals surface area contributed by atoms with E-state index in [1.54, 1.807) is 0 Å². The van der Waals surface area contributed by atoms with Gasteiger partial charge in [-0.1, -0.05) is 70.4 Å². The van der Waals surface area contributed by atoms with Crippen molar-refractivity contribution in [1.29, 1.82) is 0 Å². The predicted octanol–water partition coefficient (Wildman–Crippen LogP) is 5.30. The molecule has 0 bridgehead atoms. The molecule has 1 rings (SSSR count). The number of hydrogen-bond acceptors (Lipinski definition) is 1. The number of nitrogens with zero attached hydrogens (tertiary/aromatic N) is 2. The Morgan fingerprint density at radius 2 is 1.26 bits per heavy atom. The average Bonchev–Trinajstić information content (AvgIpc) is 2.58. The van der Waals surface area contributed by atoms with E-state index in [0.29, 0.717) is 6.08 Å². The third kappa shape index (κ3) is 10.0. The third-order valence-electron chi connectivity index (χ3n) is 4.32. The highest BCUT2D eigenvalue weighted by molar-refractivity contribution is 5.36. The molecule has 23 heavy (non-hydrogen) atoms. The van der Waals surface area contributed by atoms with Crippen LogP contribution in [0.5, 0.6) is 0 Å². The third-order valence-corrected chi connectivity index (χ3v) is 4.32. The molecule has 0 radical (unpaired) electrons. The summed E-state index contributed by atoms with van der Waals surface area (Å²) in [4.78, 5) is 8.24. The first-order chi connectivity index (χ1) is 11.2. The first-order valence-electron chi connectivity index (χ1n) is 9.08. The number of unbranched alkanes of at least 4 members (excludes halogenated alkanes) is 3. The minimum Gasteiger partial charge on any atom is -0.724 e. The lowest BCUT2D eigenvalue weighted by Gasteiger charge is -2.39. The highest BCUT2D eigenvalue weighted by atomic mass is 16.1. The van der Waals surface area contributed by atoms with Crippen molar-refractivity contribution in [2.45, 2.75) is 65.8 Å². The van der Waals surface area contributed by atoms with Gasteiger partial charge in [-0.3, -0.25) is 4.79 Å². The highest BCUT2D eigenvalue weighted by Crippen LogP contribution is 2.19. The summed E-state index contributed by atoms with van der Waals surface area (Å²) < 4.78 is 1.31. The highest BCUT2D eigenvalue weighted by Gasteiger charge is 2.25. The molecule has 0 heterocycles. The maximum absolute atomic E-state index is 8.24. The minimum absolute atomic E-state index is 0.500. The van der Waals surface area contributed by atoms with Gasteiger partial charge in [-0.05, 0) is 25.3 Å². The normalized spacial score (nSPS) is 10.6. The largest absolute Gasteiger partial charge is 0.724 e. The first kappa shape index (κ1) is 21.6. The quantitative estimate of drug-likeness (QED) is 0.310. The second-order valence-corrected chi connectivity index (χ2v) is 6.31. The maximum Gasteiger partial charge on any atom is 0.104 e. The van der Waals surface area contributed by atoms with E-state index < -0.39 is 0 Å². The molecule has 130 valence electrons. The Kier molecular flexibility index (Phi) is 13.3.